The minimum atomic E-state index is -1.24. The third-order valence-electron chi connectivity index (χ3n) is 6.39. The van der Waals surface area contributed by atoms with Gasteiger partial charge in [0, 0.05) is 24.2 Å². The molecule has 2 aromatic rings. The number of benzene rings is 2. The number of hydrogen-bond acceptors (Lipinski definition) is 8. The standard InChI is InChI=1S/C29H40N2O7/c1-7-36-26-15-20(9-10-25(26)35-6)19-31(22-11-13-30-14-12-22)27(32)21-16-23(34-5)18-24(17-21)38-29(3,4)28(33)37-8-2/h9-10,15-18,22,30H,7-8,11-14,19H2,1-6H3. The fourth-order valence-corrected chi connectivity index (χ4v) is 4.45. The highest BCUT2D eigenvalue weighted by Gasteiger charge is 2.33. The lowest BCUT2D eigenvalue weighted by atomic mass is 10.0. The predicted molar refractivity (Wildman–Crippen MR) is 144 cm³/mol. The Morgan fingerprint density at radius 3 is 2.29 bits per heavy atom. The molecule has 1 N–H and O–H groups in total. The molecule has 38 heavy (non-hydrogen) atoms. The van der Waals surface area contributed by atoms with Crippen LogP contribution in [0, 0.1) is 0 Å². The van der Waals surface area contributed by atoms with E-state index in [9.17, 15) is 9.59 Å². The van der Waals surface area contributed by atoms with Gasteiger partial charge in [-0.1, -0.05) is 6.07 Å². The molecule has 208 valence electrons. The summed E-state index contributed by atoms with van der Waals surface area (Å²) in [5.74, 6) is 1.45. The minimum absolute atomic E-state index is 0.0490. The Morgan fingerprint density at radius 1 is 0.947 bits per heavy atom. The van der Waals surface area contributed by atoms with Crippen LogP contribution in [0.3, 0.4) is 0 Å². The number of esters is 1. The van der Waals surface area contributed by atoms with Crippen LogP contribution in [0.25, 0.3) is 0 Å². The molecule has 1 fully saturated rings. The second-order valence-corrected chi connectivity index (χ2v) is 9.56. The van der Waals surface area contributed by atoms with Crippen molar-refractivity contribution in [2.45, 2.75) is 58.7 Å². The van der Waals surface area contributed by atoms with Crippen LogP contribution in [0.1, 0.15) is 56.5 Å². The van der Waals surface area contributed by atoms with Gasteiger partial charge in [-0.25, -0.2) is 4.79 Å². The minimum Gasteiger partial charge on any atom is -0.497 e. The van der Waals surface area contributed by atoms with Crippen molar-refractivity contribution in [1.29, 1.82) is 0 Å². The van der Waals surface area contributed by atoms with Crippen LogP contribution in [0.5, 0.6) is 23.0 Å². The monoisotopic (exact) mass is 528 g/mol. The van der Waals surface area contributed by atoms with E-state index in [0.29, 0.717) is 41.7 Å². The summed E-state index contributed by atoms with van der Waals surface area (Å²) in [7, 11) is 3.13. The van der Waals surface area contributed by atoms with Gasteiger partial charge >= 0.3 is 5.97 Å². The van der Waals surface area contributed by atoms with Crippen LogP contribution in [0.4, 0.5) is 0 Å². The summed E-state index contributed by atoms with van der Waals surface area (Å²) in [5.41, 5.74) is 0.107. The van der Waals surface area contributed by atoms with E-state index < -0.39 is 11.6 Å². The molecule has 9 nitrogen and oxygen atoms in total. The lowest BCUT2D eigenvalue weighted by molar-refractivity contribution is -0.158. The van der Waals surface area contributed by atoms with E-state index in [0.717, 1.165) is 31.5 Å². The Labute approximate surface area is 225 Å². The molecule has 0 atom stereocenters. The summed E-state index contributed by atoms with van der Waals surface area (Å²) in [6.07, 6.45) is 1.67. The van der Waals surface area contributed by atoms with Crippen molar-refractivity contribution in [3.8, 4) is 23.0 Å². The molecule has 0 aromatic heterocycles. The molecule has 0 bridgehead atoms. The van der Waals surface area contributed by atoms with Crippen LogP contribution in [-0.4, -0.2) is 68.9 Å². The quantitative estimate of drug-likeness (QED) is 0.409. The summed E-state index contributed by atoms with van der Waals surface area (Å²) in [4.78, 5) is 28.3. The number of piperidine rings is 1. The SMILES string of the molecule is CCOC(=O)C(C)(C)Oc1cc(OC)cc(C(=O)N(Cc2ccc(OC)c(OCC)c2)C2CCNCC2)c1. The molecule has 2 aromatic carbocycles. The van der Waals surface area contributed by atoms with Gasteiger partial charge in [0.15, 0.2) is 17.1 Å². The van der Waals surface area contributed by atoms with E-state index in [2.05, 4.69) is 5.32 Å². The largest absolute Gasteiger partial charge is 0.497 e. The van der Waals surface area contributed by atoms with Crippen molar-refractivity contribution in [2.75, 3.05) is 40.5 Å². The Bertz CT molecular complexity index is 1100. The molecule has 1 heterocycles. The molecule has 1 amide bonds. The smallest absolute Gasteiger partial charge is 0.349 e. The third kappa shape index (κ3) is 7.31. The van der Waals surface area contributed by atoms with Gasteiger partial charge in [0.25, 0.3) is 5.91 Å². The number of amides is 1. The van der Waals surface area contributed by atoms with Gasteiger partial charge in [0.2, 0.25) is 0 Å². The number of carbonyl (C=O) groups excluding carboxylic acids is 2. The van der Waals surface area contributed by atoms with Gasteiger partial charge in [0.1, 0.15) is 11.5 Å². The van der Waals surface area contributed by atoms with Gasteiger partial charge in [-0.2, -0.15) is 0 Å². The summed E-state index contributed by atoms with van der Waals surface area (Å²) in [6, 6.07) is 10.8. The Balaban J connectivity index is 1.95. The normalized spacial score (nSPS) is 13.9. The first-order chi connectivity index (χ1) is 18.2. The fourth-order valence-electron chi connectivity index (χ4n) is 4.45. The molecule has 1 aliphatic heterocycles. The topological polar surface area (TPSA) is 95.6 Å². The molecule has 1 aliphatic rings. The van der Waals surface area contributed by atoms with Crippen LogP contribution in [0.2, 0.25) is 0 Å². The summed E-state index contributed by atoms with van der Waals surface area (Å²) in [6.45, 7) is 9.74. The van der Waals surface area contributed by atoms with Crippen molar-refractivity contribution in [3.05, 3.63) is 47.5 Å². The van der Waals surface area contributed by atoms with Gasteiger partial charge in [-0.05, 0) is 83.5 Å². The number of hydrogen-bond donors (Lipinski definition) is 1. The van der Waals surface area contributed by atoms with Crippen molar-refractivity contribution in [2.24, 2.45) is 0 Å². The fraction of sp³-hybridized carbons (Fsp3) is 0.517. The van der Waals surface area contributed by atoms with Crippen molar-refractivity contribution in [1.82, 2.24) is 10.2 Å². The zero-order valence-electron chi connectivity index (χ0n) is 23.3. The van der Waals surface area contributed by atoms with Crippen LogP contribution < -0.4 is 24.3 Å². The first-order valence-corrected chi connectivity index (χ1v) is 13.1. The maximum Gasteiger partial charge on any atom is 0.349 e. The predicted octanol–water partition coefficient (Wildman–Crippen LogP) is 4.22. The highest BCUT2D eigenvalue weighted by molar-refractivity contribution is 5.95. The zero-order valence-corrected chi connectivity index (χ0v) is 23.3. The molecule has 1 saturated heterocycles. The molecular weight excluding hydrogens is 488 g/mol. The van der Waals surface area contributed by atoms with E-state index in [-0.39, 0.29) is 18.6 Å². The second kappa shape index (κ2) is 13.4. The second-order valence-electron chi connectivity index (χ2n) is 9.56. The van der Waals surface area contributed by atoms with Crippen molar-refractivity contribution in [3.63, 3.8) is 0 Å². The number of methoxy groups -OCH3 is 2. The lowest BCUT2D eigenvalue weighted by Crippen LogP contribution is -2.45. The Hall–Kier alpha value is -3.46. The maximum absolute atomic E-state index is 14.1. The van der Waals surface area contributed by atoms with E-state index in [4.69, 9.17) is 23.7 Å². The van der Waals surface area contributed by atoms with Gasteiger partial charge in [-0.3, -0.25) is 4.79 Å². The van der Waals surface area contributed by atoms with Gasteiger partial charge < -0.3 is 33.9 Å². The highest BCUT2D eigenvalue weighted by atomic mass is 16.6. The summed E-state index contributed by atoms with van der Waals surface area (Å²) >= 11 is 0. The summed E-state index contributed by atoms with van der Waals surface area (Å²) in [5, 5.41) is 3.37. The lowest BCUT2D eigenvalue weighted by Gasteiger charge is -2.35. The molecule has 0 radical (unpaired) electrons. The summed E-state index contributed by atoms with van der Waals surface area (Å²) < 4.78 is 27.8. The number of rotatable bonds is 12. The first kappa shape index (κ1) is 29.1. The van der Waals surface area contributed by atoms with Crippen LogP contribution in [-0.2, 0) is 16.1 Å². The molecule has 3 rings (SSSR count). The molecule has 9 heteroatoms. The van der Waals surface area contributed by atoms with Gasteiger partial charge in [-0.15, -0.1) is 0 Å². The molecule has 0 aliphatic carbocycles. The molecule has 0 saturated carbocycles. The van der Waals surface area contributed by atoms with Crippen LogP contribution in [0.15, 0.2) is 36.4 Å². The van der Waals surface area contributed by atoms with Crippen molar-refractivity contribution < 1.29 is 33.3 Å². The molecule has 0 spiro atoms. The van der Waals surface area contributed by atoms with Gasteiger partial charge in [0.05, 0.1) is 27.4 Å². The Kier molecular flexibility index (Phi) is 10.2. The van der Waals surface area contributed by atoms with E-state index in [1.807, 2.05) is 30.0 Å². The van der Waals surface area contributed by atoms with Crippen LogP contribution >= 0.6 is 0 Å². The average molecular weight is 529 g/mol. The third-order valence-corrected chi connectivity index (χ3v) is 6.39. The highest BCUT2D eigenvalue weighted by Crippen LogP contribution is 2.31. The first-order valence-electron chi connectivity index (χ1n) is 13.1. The van der Waals surface area contributed by atoms with E-state index in [1.165, 1.54) is 7.11 Å². The zero-order chi connectivity index (χ0) is 27.7. The number of ether oxygens (including phenoxy) is 5. The molecular formula is C29H40N2O7. The van der Waals surface area contributed by atoms with E-state index in [1.54, 1.807) is 46.1 Å². The average Bonchev–Trinajstić information content (AvgIpc) is 2.91. The number of nitrogens with zero attached hydrogens (tertiary/aromatic N) is 1. The van der Waals surface area contributed by atoms with E-state index >= 15 is 0 Å². The number of nitrogens with one attached hydrogen (secondary N) is 1. The maximum atomic E-state index is 14.1. The van der Waals surface area contributed by atoms with Crippen molar-refractivity contribution >= 4 is 11.9 Å². The number of carbonyl (C=O) groups is 2. The molecule has 0 unspecified atom stereocenters. The Morgan fingerprint density at radius 2 is 1.66 bits per heavy atom.